The lowest BCUT2D eigenvalue weighted by molar-refractivity contribution is 0.406. The van der Waals surface area contributed by atoms with Gasteiger partial charge in [0.1, 0.15) is 5.76 Å². The lowest BCUT2D eigenvalue weighted by Gasteiger charge is -2.01. The third kappa shape index (κ3) is 2.23. The molecule has 1 N–H and O–H groups in total. The van der Waals surface area contributed by atoms with Gasteiger partial charge >= 0.3 is 0 Å². The molecule has 0 radical (unpaired) electrons. The van der Waals surface area contributed by atoms with E-state index >= 15 is 0 Å². The molecule has 1 saturated carbocycles. The molecule has 0 saturated heterocycles. The first-order valence-corrected chi connectivity index (χ1v) is 6.54. The molecule has 18 heavy (non-hydrogen) atoms. The van der Waals surface area contributed by atoms with Crippen LogP contribution < -0.4 is 10.1 Å². The van der Waals surface area contributed by atoms with E-state index in [0.29, 0.717) is 0 Å². The number of hydrogen-bond acceptors (Lipinski definition) is 3. The Bertz CT molecular complexity index is 546. The van der Waals surface area contributed by atoms with E-state index in [1.165, 1.54) is 6.42 Å². The molecule has 1 aliphatic carbocycles. The maximum absolute atomic E-state index is 5.83. The Balaban J connectivity index is 1.68. The molecule has 0 bridgehead atoms. The van der Waals surface area contributed by atoms with Crippen molar-refractivity contribution in [2.75, 3.05) is 13.7 Å². The monoisotopic (exact) mass is 245 g/mol. The Morgan fingerprint density at radius 3 is 3.00 bits per heavy atom. The highest BCUT2D eigenvalue weighted by Gasteiger charge is 2.31. The second-order valence-corrected chi connectivity index (χ2v) is 5.20. The normalized spacial score (nSPS) is 22.3. The Kier molecular flexibility index (Phi) is 3.00. The van der Waals surface area contributed by atoms with E-state index in [2.05, 4.69) is 18.3 Å². The van der Waals surface area contributed by atoms with E-state index in [0.717, 1.165) is 47.4 Å². The van der Waals surface area contributed by atoms with Gasteiger partial charge in [-0.05, 0) is 36.9 Å². The van der Waals surface area contributed by atoms with Gasteiger partial charge in [-0.1, -0.05) is 19.1 Å². The third-order valence-electron chi connectivity index (χ3n) is 3.76. The number of nitrogens with one attached hydrogen (secondary N) is 1. The fraction of sp³-hybridized carbons (Fsp3) is 0.467. The molecule has 0 spiro atoms. The van der Waals surface area contributed by atoms with Gasteiger partial charge in [-0.15, -0.1) is 0 Å². The van der Waals surface area contributed by atoms with Gasteiger partial charge in [0.15, 0.2) is 11.3 Å². The second-order valence-electron chi connectivity index (χ2n) is 5.20. The highest BCUT2D eigenvalue weighted by atomic mass is 16.5. The minimum atomic E-state index is 0.793. The summed E-state index contributed by atoms with van der Waals surface area (Å²) in [5.41, 5.74) is 0.844. The van der Waals surface area contributed by atoms with Gasteiger partial charge in [-0.25, -0.2) is 0 Å². The number of benzene rings is 1. The molecule has 1 heterocycles. The smallest absolute Gasteiger partial charge is 0.176 e. The summed E-state index contributed by atoms with van der Waals surface area (Å²) in [5.74, 6) is 3.54. The first-order valence-electron chi connectivity index (χ1n) is 6.54. The highest BCUT2D eigenvalue weighted by Crippen LogP contribution is 2.36. The largest absolute Gasteiger partial charge is 0.493 e. The van der Waals surface area contributed by atoms with Crippen molar-refractivity contribution in [1.29, 1.82) is 0 Å². The van der Waals surface area contributed by atoms with E-state index < -0.39 is 0 Å². The van der Waals surface area contributed by atoms with Gasteiger partial charge < -0.3 is 14.5 Å². The standard InChI is InChI=1S/C15H19NO2/c1-10-6-12(10)8-16-9-13-7-11-4-3-5-14(17-2)15(11)18-13/h3-5,7,10,12,16H,6,8-9H2,1-2H3. The predicted octanol–water partition coefficient (Wildman–Crippen LogP) is 3.19. The summed E-state index contributed by atoms with van der Waals surface area (Å²) in [4.78, 5) is 0. The SMILES string of the molecule is COc1cccc2cc(CNCC3CC3C)oc12. The van der Waals surface area contributed by atoms with Gasteiger partial charge in [0.05, 0.1) is 13.7 Å². The fourth-order valence-corrected chi connectivity index (χ4v) is 2.40. The van der Waals surface area contributed by atoms with E-state index in [9.17, 15) is 0 Å². The molecule has 2 unspecified atom stereocenters. The number of furan rings is 1. The van der Waals surface area contributed by atoms with Crippen LogP contribution in [0.4, 0.5) is 0 Å². The second kappa shape index (κ2) is 4.65. The van der Waals surface area contributed by atoms with Crippen LogP contribution in [0.1, 0.15) is 19.1 Å². The summed E-state index contributed by atoms with van der Waals surface area (Å²) in [6, 6.07) is 8.05. The summed E-state index contributed by atoms with van der Waals surface area (Å²) >= 11 is 0. The minimum absolute atomic E-state index is 0.793. The summed E-state index contributed by atoms with van der Waals surface area (Å²) < 4.78 is 11.1. The summed E-state index contributed by atoms with van der Waals surface area (Å²) in [6.07, 6.45) is 1.36. The molecule has 3 heteroatoms. The van der Waals surface area contributed by atoms with Gasteiger partial charge in [0, 0.05) is 5.39 Å². The molecule has 3 rings (SSSR count). The van der Waals surface area contributed by atoms with Crippen molar-refractivity contribution in [2.45, 2.75) is 19.9 Å². The maximum Gasteiger partial charge on any atom is 0.176 e. The molecule has 3 nitrogen and oxygen atoms in total. The molecule has 1 aromatic heterocycles. The van der Waals surface area contributed by atoms with Crippen LogP contribution in [-0.4, -0.2) is 13.7 Å². The molecule has 2 aromatic rings. The number of para-hydroxylation sites is 1. The molecule has 0 amide bonds. The maximum atomic E-state index is 5.83. The molecule has 1 aromatic carbocycles. The van der Waals surface area contributed by atoms with Crippen LogP contribution >= 0.6 is 0 Å². The van der Waals surface area contributed by atoms with Crippen LogP contribution in [0.15, 0.2) is 28.7 Å². The Morgan fingerprint density at radius 1 is 1.44 bits per heavy atom. The van der Waals surface area contributed by atoms with E-state index in [1.54, 1.807) is 7.11 Å². The zero-order chi connectivity index (χ0) is 12.5. The van der Waals surface area contributed by atoms with Gasteiger partial charge in [-0.2, -0.15) is 0 Å². The van der Waals surface area contributed by atoms with Crippen LogP contribution in [0.5, 0.6) is 5.75 Å². The van der Waals surface area contributed by atoms with Crippen molar-refractivity contribution >= 4 is 11.0 Å². The van der Waals surface area contributed by atoms with Crippen molar-refractivity contribution in [3.8, 4) is 5.75 Å². The zero-order valence-electron chi connectivity index (χ0n) is 10.9. The van der Waals surface area contributed by atoms with Crippen LogP contribution in [-0.2, 0) is 6.54 Å². The van der Waals surface area contributed by atoms with E-state index in [4.69, 9.17) is 9.15 Å². The topological polar surface area (TPSA) is 34.4 Å². The lowest BCUT2D eigenvalue weighted by atomic mass is 10.2. The Labute approximate surface area is 107 Å². The fourth-order valence-electron chi connectivity index (χ4n) is 2.40. The molecule has 1 fully saturated rings. The summed E-state index contributed by atoms with van der Waals surface area (Å²) in [5, 5.41) is 4.56. The number of ether oxygens (including phenoxy) is 1. The van der Waals surface area contributed by atoms with Crippen LogP contribution in [0.3, 0.4) is 0 Å². The number of fused-ring (bicyclic) bond motifs is 1. The van der Waals surface area contributed by atoms with Crippen LogP contribution in [0.2, 0.25) is 0 Å². The summed E-state index contributed by atoms with van der Waals surface area (Å²) in [6.45, 7) is 4.19. The Hall–Kier alpha value is -1.48. The quantitative estimate of drug-likeness (QED) is 0.878. The molecular formula is C15H19NO2. The van der Waals surface area contributed by atoms with Crippen LogP contribution in [0.25, 0.3) is 11.0 Å². The van der Waals surface area contributed by atoms with Crippen LogP contribution in [0, 0.1) is 11.8 Å². The molecule has 1 aliphatic rings. The van der Waals surface area contributed by atoms with E-state index in [-0.39, 0.29) is 0 Å². The Morgan fingerprint density at radius 2 is 2.28 bits per heavy atom. The molecule has 0 aliphatic heterocycles. The number of hydrogen-bond donors (Lipinski definition) is 1. The van der Waals surface area contributed by atoms with Crippen molar-refractivity contribution in [1.82, 2.24) is 5.32 Å². The molecular weight excluding hydrogens is 226 g/mol. The minimum Gasteiger partial charge on any atom is -0.493 e. The first-order chi connectivity index (χ1) is 8.78. The molecule has 2 atom stereocenters. The van der Waals surface area contributed by atoms with Gasteiger partial charge in [0.2, 0.25) is 0 Å². The van der Waals surface area contributed by atoms with Crippen molar-refractivity contribution in [3.05, 3.63) is 30.0 Å². The number of rotatable bonds is 5. The summed E-state index contributed by atoms with van der Waals surface area (Å²) in [7, 11) is 1.67. The first kappa shape index (κ1) is 11.6. The van der Waals surface area contributed by atoms with Crippen molar-refractivity contribution in [3.63, 3.8) is 0 Å². The predicted molar refractivity (Wildman–Crippen MR) is 71.7 cm³/mol. The average Bonchev–Trinajstić information content (AvgIpc) is 2.91. The van der Waals surface area contributed by atoms with Crippen molar-refractivity contribution < 1.29 is 9.15 Å². The van der Waals surface area contributed by atoms with Gasteiger partial charge in [0.25, 0.3) is 0 Å². The van der Waals surface area contributed by atoms with Crippen molar-refractivity contribution in [2.24, 2.45) is 11.8 Å². The number of methoxy groups -OCH3 is 1. The highest BCUT2D eigenvalue weighted by molar-refractivity contribution is 5.83. The lowest BCUT2D eigenvalue weighted by Crippen LogP contribution is -2.16. The van der Waals surface area contributed by atoms with Gasteiger partial charge in [-0.3, -0.25) is 0 Å². The zero-order valence-corrected chi connectivity index (χ0v) is 10.9. The average molecular weight is 245 g/mol. The molecule has 96 valence electrons. The third-order valence-corrected chi connectivity index (χ3v) is 3.76. The van der Waals surface area contributed by atoms with E-state index in [1.807, 2.05) is 18.2 Å².